The molecular weight excluding hydrogens is 224 g/mol. The van der Waals surface area contributed by atoms with Gasteiger partial charge < -0.3 is 9.47 Å². The zero-order valence-corrected chi connectivity index (χ0v) is 11.4. The Kier molecular flexibility index (Phi) is 3.28. The van der Waals surface area contributed by atoms with E-state index in [1.54, 1.807) is 0 Å². The van der Waals surface area contributed by atoms with Gasteiger partial charge in [-0.25, -0.2) is 0 Å². The Hall–Kier alpha value is -1.10. The Balaban J connectivity index is 3.02. The topological polar surface area (TPSA) is 52.6 Å². The van der Waals surface area contributed by atoms with E-state index in [0.29, 0.717) is 6.42 Å². The van der Waals surface area contributed by atoms with Gasteiger partial charge in [-0.15, -0.1) is 0 Å². The average molecular weight is 242 g/mol. The standard InChI is InChI=1S/C11H18O4Si/c1-14-9(12)11(10(13)15-2)6-8(11)7-16(3,4)5/h7H,6H2,1-5H3/b8-7+. The number of methoxy groups -OCH3 is 2. The predicted octanol–water partition coefficient (Wildman–Crippen LogP) is 1.53. The first-order valence-corrected chi connectivity index (χ1v) is 8.74. The van der Waals surface area contributed by atoms with Crippen LogP contribution < -0.4 is 0 Å². The van der Waals surface area contributed by atoms with Crippen LogP contribution in [0, 0.1) is 5.41 Å². The smallest absolute Gasteiger partial charge is 0.327 e. The van der Waals surface area contributed by atoms with Gasteiger partial charge in [0.15, 0.2) is 5.41 Å². The molecule has 16 heavy (non-hydrogen) atoms. The molecule has 1 rings (SSSR count). The molecule has 0 bridgehead atoms. The summed E-state index contributed by atoms with van der Waals surface area (Å²) < 4.78 is 9.36. The van der Waals surface area contributed by atoms with Crippen LogP contribution in [0.15, 0.2) is 11.3 Å². The SMILES string of the molecule is COC(=O)C1(C(=O)OC)C/C1=C\[Si](C)(C)C. The quantitative estimate of drug-likeness (QED) is 0.428. The second-order valence-electron chi connectivity index (χ2n) is 5.10. The summed E-state index contributed by atoms with van der Waals surface area (Å²) in [6.07, 6.45) is 0.441. The summed E-state index contributed by atoms with van der Waals surface area (Å²) >= 11 is 0. The van der Waals surface area contributed by atoms with Crippen molar-refractivity contribution in [2.45, 2.75) is 26.1 Å². The highest BCUT2D eigenvalue weighted by Gasteiger charge is 2.64. The maximum Gasteiger partial charge on any atom is 0.327 e. The van der Waals surface area contributed by atoms with E-state index in [4.69, 9.17) is 0 Å². The number of esters is 2. The Labute approximate surface area is 96.6 Å². The lowest BCUT2D eigenvalue weighted by atomic mass is 10.1. The third-order valence-corrected chi connectivity index (χ3v) is 3.77. The third-order valence-electron chi connectivity index (χ3n) is 2.55. The van der Waals surface area contributed by atoms with Gasteiger partial charge in [0.25, 0.3) is 0 Å². The van der Waals surface area contributed by atoms with Crippen LogP contribution in [-0.2, 0) is 19.1 Å². The lowest BCUT2D eigenvalue weighted by Crippen LogP contribution is -2.29. The lowest BCUT2D eigenvalue weighted by molar-refractivity contribution is -0.160. The molecule has 0 spiro atoms. The molecule has 90 valence electrons. The second kappa shape index (κ2) is 4.05. The highest BCUT2D eigenvalue weighted by atomic mass is 28.3. The summed E-state index contributed by atoms with van der Waals surface area (Å²) in [6, 6.07) is 0. The van der Waals surface area contributed by atoms with Crippen LogP contribution in [0.1, 0.15) is 6.42 Å². The molecule has 0 N–H and O–H groups in total. The van der Waals surface area contributed by atoms with Crippen LogP contribution in [0.25, 0.3) is 0 Å². The highest BCUT2D eigenvalue weighted by Crippen LogP contribution is 2.54. The summed E-state index contributed by atoms with van der Waals surface area (Å²) in [5, 5.41) is 0. The molecule has 0 aromatic rings. The minimum absolute atomic E-state index is 0.441. The Morgan fingerprint density at radius 2 is 1.62 bits per heavy atom. The number of hydrogen-bond donors (Lipinski definition) is 0. The first-order valence-electron chi connectivity index (χ1n) is 5.17. The largest absolute Gasteiger partial charge is 0.468 e. The van der Waals surface area contributed by atoms with Gasteiger partial charge in [-0.2, -0.15) is 0 Å². The number of ether oxygens (including phenoxy) is 2. The van der Waals surface area contributed by atoms with E-state index in [-0.39, 0.29) is 0 Å². The normalized spacial score (nSPS) is 20.4. The van der Waals surface area contributed by atoms with Crippen molar-refractivity contribution in [3.63, 3.8) is 0 Å². The maximum atomic E-state index is 11.6. The minimum atomic E-state index is -1.44. The van der Waals surface area contributed by atoms with Crippen molar-refractivity contribution in [2.24, 2.45) is 5.41 Å². The highest BCUT2D eigenvalue weighted by molar-refractivity contribution is 6.81. The summed E-state index contributed by atoms with van der Waals surface area (Å²) in [5.74, 6) is -1.02. The molecular formula is C11H18O4Si. The van der Waals surface area contributed by atoms with Crippen molar-refractivity contribution in [1.82, 2.24) is 0 Å². The molecule has 0 radical (unpaired) electrons. The minimum Gasteiger partial charge on any atom is -0.468 e. The molecule has 0 heterocycles. The Bertz CT molecular complexity index is 335. The number of carbonyl (C=O) groups is 2. The predicted molar refractivity (Wildman–Crippen MR) is 62.5 cm³/mol. The molecule has 1 fully saturated rings. The van der Waals surface area contributed by atoms with E-state index < -0.39 is 25.4 Å². The summed E-state index contributed by atoms with van der Waals surface area (Å²) in [6.45, 7) is 6.45. The van der Waals surface area contributed by atoms with Crippen LogP contribution in [-0.4, -0.2) is 34.2 Å². The first-order chi connectivity index (χ1) is 7.28. The summed E-state index contributed by atoms with van der Waals surface area (Å²) in [7, 11) is 1.14. The van der Waals surface area contributed by atoms with Crippen LogP contribution in [0.2, 0.25) is 19.6 Å². The summed E-state index contributed by atoms with van der Waals surface area (Å²) in [5.41, 5.74) is 1.79. The van der Waals surface area contributed by atoms with Gasteiger partial charge in [-0.3, -0.25) is 9.59 Å². The van der Waals surface area contributed by atoms with Gasteiger partial charge in [-0.05, 0) is 5.57 Å². The zero-order chi connectivity index (χ0) is 12.6. The van der Waals surface area contributed by atoms with Crippen LogP contribution in [0.3, 0.4) is 0 Å². The van der Waals surface area contributed by atoms with Gasteiger partial charge in [-0.1, -0.05) is 25.3 Å². The van der Waals surface area contributed by atoms with Gasteiger partial charge in [0.1, 0.15) is 0 Å². The van der Waals surface area contributed by atoms with E-state index in [2.05, 4.69) is 34.8 Å². The lowest BCUT2D eigenvalue weighted by Gasteiger charge is -2.12. The van der Waals surface area contributed by atoms with Crippen LogP contribution in [0.5, 0.6) is 0 Å². The molecule has 0 aliphatic heterocycles. The zero-order valence-electron chi connectivity index (χ0n) is 10.4. The Morgan fingerprint density at radius 1 is 1.19 bits per heavy atom. The monoisotopic (exact) mass is 242 g/mol. The van der Waals surface area contributed by atoms with Crippen molar-refractivity contribution < 1.29 is 19.1 Å². The van der Waals surface area contributed by atoms with Crippen molar-refractivity contribution >= 4 is 20.0 Å². The molecule has 0 atom stereocenters. The van der Waals surface area contributed by atoms with Gasteiger partial charge >= 0.3 is 11.9 Å². The molecule has 0 aromatic carbocycles. The number of rotatable bonds is 3. The number of hydrogen-bond acceptors (Lipinski definition) is 4. The number of carbonyl (C=O) groups excluding carboxylic acids is 2. The maximum absolute atomic E-state index is 11.6. The molecule has 1 aliphatic carbocycles. The molecule has 1 saturated carbocycles. The molecule has 5 heteroatoms. The first kappa shape index (κ1) is 13.0. The second-order valence-corrected chi connectivity index (χ2v) is 10.1. The van der Waals surface area contributed by atoms with Gasteiger partial charge in [0.2, 0.25) is 0 Å². The van der Waals surface area contributed by atoms with E-state index in [1.165, 1.54) is 14.2 Å². The van der Waals surface area contributed by atoms with E-state index in [0.717, 1.165) is 5.57 Å². The molecule has 0 saturated heterocycles. The molecule has 0 unspecified atom stereocenters. The van der Waals surface area contributed by atoms with Crippen molar-refractivity contribution in [3.05, 3.63) is 11.3 Å². The van der Waals surface area contributed by atoms with Crippen LogP contribution in [0.4, 0.5) is 0 Å². The Morgan fingerprint density at radius 3 is 1.94 bits per heavy atom. The third kappa shape index (κ3) is 2.19. The molecule has 1 aliphatic rings. The average Bonchev–Trinajstić information content (AvgIpc) is 2.88. The van der Waals surface area contributed by atoms with Crippen molar-refractivity contribution in [2.75, 3.05) is 14.2 Å². The van der Waals surface area contributed by atoms with E-state index >= 15 is 0 Å². The summed E-state index contributed by atoms with van der Waals surface area (Å²) in [4.78, 5) is 23.3. The molecule has 4 nitrogen and oxygen atoms in total. The van der Waals surface area contributed by atoms with E-state index in [9.17, 15) is 9.59 Å². The van der Waals surface area contributed by atoms with Crippen molar-refractivity contribution in [3.8, 4) is 0 Å². The molecule has 0 amide bonds. The fraction of sp³-hybridized carbons (Fsp3) is 0.636. The van der Waals surface area contributed by atoms with Crippen molar-refractivity contribution in [1.29, 1.82) is 0 Å². The van der Waals surface area contributed by atoms with Gasteiger partial charge in [0, 0.05) is 6.42 Å². The van der Waals surface area contributed by atoms with Gasteiger partial charge in [0.05, 0.1) is 22.3 Å². The van der Waals surface area contributed by atoms with E-state index in [1.807, 2.05) is 0 Å². The fourth-order valence-corrected chi connectivity index (χ4v) is 3.17. The fourth-order valence-electron chi connectivity index (χ4n) is 1.78. The van der Waals surface area contributed by atoms with Crippen LogP contribution >= 0.6 is 0 Å². The molecule has 0 aromatic heterocycles.